The van der Waals surface area contributed by atoms with Gasteiger partial charge >= 0.3 is 0 Å². The van der Waals surface area contributed by atoms with Crippen molar-refractivity contribution in [1.82, 2.24) is 0 Å². The van der Waals surface area contributed by atoms with Crippen LogP contribution in [0.1, 0.15) is 79.1 Å². The van der Waals surface area contributed by atoms with Crippen molar-refractivity contribution in [3.63, 3.8) is 0 Å². The van der Waals surface area contributed by atoms with Crippen LogP contribution in [0, 0.1) is 0 Å². The Balaban J connectivity index is 4.62. The van der Waals surface area contributed by atoms with Gasteiger partial charge in [0.15, 0.2) is 5.41 Å². The van der Waals surface area contributed by atoms with Gasteiger partial charge in [-0.1, -0.05) is 53.4 Å². The zero-order valence-corrected chi connectivity index (χ0v) is 17.1. The SMILES string of the molecule is CCCCOC(CCC)C([SiH3])(OCCCC)OCCCC. The molecule has 0 aromatic rings. The summed E-state index contributed by atoms with van der Waals surface area (Å²) < 4.78 is 18.5. The quantitative estimate of drug-likeness (QED) is 0.262. The van der Waals surface area contributed by atoms with Gasteiger partial charge in [-0.05, 0) is 25.7 Å². The molecule has 0 aromatic heterocycles. The molecular formula is C17H38O3Si. The van der Waals surface area contributed by atoms with Crippen molar-refractivity contribution in [3.05, 3.63) is 0 Å². The summed E-state index contributed by atoms with van der Waals surface area (Å²) in [7, 11) is 0.848. The minimum Gasteiger partial charge on any atom is -0.373 e. The van der Waals surface area contributed by atoms with Crippen molar-refractivity contribution in [3.8, 4) is 0 Å². The molecule has 0 bridgehead atoms. The van der Waals surface area contributed by atoms with Crippen LogP contribution in [0.25, 0.3) is 0 Å². The summed E-state index contributed by atoms with van der Waals surface area (Å²) in [5.74, 6) is 0. The molecule has 1 unspecified atom stereocenters. The molecule has 0 radical (unpaired) electrons. The first-order valence-electron chi connectivity index (χ1n) is 9.04. The average Bonchev–Trinajstić information content (AvgIpc) is 2.47. The van der Waals surface area contributed by atoms with Gasteiger partial charge in [-0.3, -0.25) is 0 Å². The lowest BCUT2D eigenvalue weighted by molar-refractivity contribution is -0.242. The second kappa shape index (κ2) is 13.7. The highest BCUT2D eigenvalue weighted by Crippen LogP contribution is 2.23. The van der Waals surface area contributed by atoms with Crippen LogP contribution in [-0.2, 0) is 14.2 Å². The van der Waals surface area contributed by atoms with E-state index in [-0.39, 0.29) is 6.10 Å². The normalized spacial score (nSPS) is 13.7. The van der Waals surface area contributed by atoms with Crippen LogP contribution in [0.3, 0.4) is 0 Å². The van der Waals surface area contributed by atoms with Crippen LogP contribution in [0.15, 0.2) is 0 Å². The molecular weight excluding hydrogens is 280 g/mol. The van der Waals surface area contributed by atoms with Gasteiger partial charge < -0.3 is 14.2 Å². The Bertz CT molecular complexity index is 214. The Kier molecular flexibility index (Phi) is 13.8. The number of ether oxygens (including phenoxy) is 3. The third-order valence-electron chi connectivity index (χ3n) is 3.73. The molecule has 0 aliphatic heterocycles. The topological polar surface area (TPSA) is 27.7 Å². The first-order valence-corrected chi connectivity index (χ1v) is 10.0. The van der Waals surface area contributed by atoms with E-state index in [0.717, 1.165) is 75.0 Å². The zero-order valence-electron chi connectivity index (χ0n) is 15.1. The molecule has 1 atom stereocenters. The number of hydrogen-bond acceptors (Lipinski definition) is 3. The van der Waals surface area contributed by atoms with Crippen LogP contribution < -0.4 is 0 Å². The molecule has 4 heteroatoms. The monoisotopic (exact) mass is 318 g/mol. The van der Waals surface area contributed by atoms with Crippen LogP contribution in [0.4, 0.5) is 0 Å². The molecule has 0 aliphatic carbocycles. The highest BCUT2D eigenvalue weighted by molar-refractivity contribution is 6.13. The van der Waals surface area contributed by atoms with E-state index in [4.69, 9.17) is 14.2 Å². The largest absolute Gasteiger partial charge is 0.373 e. The summed E-state index contributed by atoms with van der Waals surface area (Å²) >= 11 is 0. The van der Waals surface area contributed by atoms with Crippen molar-refractivity contribution in [2.45, 2.75) is 90.6 Å². The highest BCUT2D eigenvalue weighted by atomic mass is 28.1. The summed E-state index contributed by atoms with van der Waals surface area (Å²) in [6.07, 6.45) is 8.99. The standard InChI is InChI=1S/C17H38O3Si/c1-5-9-13-18-16(12-8-4)17(21,19-14-10-6-2)20-15-11-7-3/h16H,5-15H2,1-4,21H3. The van der Waals surface area contributed by atoms with Gasteiger partial charge in [-0.2, -0.15) is 0 Å². The minimum absolute atomic E-state index is 0.0921. The van der Waals surface area contributed by atoms with Crippen molar-refractivity contribution >= 4 is 10.2 Å². The van der Waals surface area contributed by atoms with E-state index >= 15 is 0 Å². The minimum atomic E-state index is -0.464. The summed E-state index contributed by atoms with van der Waals surface area (Å²) in [6, 6.07) is 0. The van der Waals surface area contributed by atoms with E-state index in [1.54, 1.807) is 0 Å². The molecule has 0 saturated carbocycles. The van der Waals surface area contributed by atoms with Gasteiger partial charge in [0.25, 0.3) is 0 Å². The van der Waals surface area contributed by atoms with Crippen molar-refractivity contribution in [2.24, 2.45) is 0 Å². The van der Waals surface area contributed by atoms with Crippen molar-refractivity contribution in [1.29, 1.82) is 0 Å². The Morgan fingerprint density at radius 2 is 1.24 bits per heavy atom. The van der Waals surface area contributed by atoms with E-state index in [9.17, 15) is 0 Å². The zero-order chi connectivity index (χ0) is 16.0. The second-order valence-electron chi connectivity index (χ2n) is 5.92. The Morgan fingerprint density at radius 1 is 0.762 bits per heavy atom. The van der Waals surface area contributed by atoms with Crippen LogP contribution in [0.5, 0.6) is 0 Å². The fraction of sp³-hybridized carbons (Fsp3) is 1.00. The lowest BCUT2D eigenvalue weighted by Gasteiger charge is -2.38. The Morgan fingerprint density at radius 3 is 1.67 bits per heavy atom. The molecule has 21 heavy (non-hydrogen) atoms. The van der Waals surface area contributed by atoms with Crippen LogP contribution in [0.2, 0.25) is 0 Å². The van der Waals surface area contributed by atoms with Crippen molar-refractivity contribution in [2.75, 3.05) is 19.8 Å². The summed E-state index contributed by atoms with van der Waals surface area (Å²) in [6.45, 7) is 11.2. The molecule has 0 heterocycles. The number of unbranched alkanes of at least 4 members (excludes halogenated alkanes) is 3. The van der Waals surface area contributed by atoms with Gasteiger partial charge in [0.1, 0.15) is 6.10 Å². The smallest absolute Gasteiger partial charge is 0.166 e. The maximum atomic E-state index is 6.18. The average molecular weight is 319 g/mol. The maximum absolute atomic E-state index is 6.18. The number of rotatable bonds is 15. The van der Waals surface area contributed by atoms with Gasteiger partial charge in [0.05, 0.1) is 10.2 Å². The highest BCUT2D eigenvalue weighted by Gasteiger charge is 2.36. The molecule has 0 aromatic carbocycles. The first kappa shape index (κ1) is 21.1. The van der Waals surface area contributed by atoms with E-state index in [2.05, 4.69) is 27.7 Å². The second-order valence-corrected chi connectivity index (χ2v) is 7.32. The first-order chi connectivity index (χ1) is 10.1. The van der Waals surface area contributed by atoms with E-state index < -0.39 is 5.41 Å². The lowest BCUT2D eigenvalue weighted by atomic mass is 10.2. The van der Waals surface area contributed by atoms with Gasteiger partial charge in [0.2, 0.25) is 0 Å². The Hall–Kier alpha value is 0.0969. The lowest BCUT2D eigenvalue weighted by Crippen LogP contribution is -2.50. The Labute approximate surface area is 135 Å². The van der Waals surface area contributed by atoms with E-state index in [0.29, 0.717) is 0 Å². The molecule has 0 saturated heterocycles. The summed E-state index contributed by atoms with van der Waals surface area (Å²) in [5, 5.41) is 0. The molecule has 0 aliphatic rings. The van der Waals surface area contributed by atoms with Crippen molar-refractivity contribution < 1.29 is 14.2 Å². The van der Waals surface area contributed by atoms with E-state index in [1.165, 1.54) is 6.42 Å². The molecule has 0 spiro atoms. The molecule has 3 nitrogen and oxygen atoms in total. The van der Waals surface area contributed by atoms with Gasteiger partial charge in [0, 0.05) is 19.8 Å². The fourth-order valence-corrected chi connectivity index (χ4v) is 3.06. The van der Waals surface area contributed by atoms with E-state index in [1.807, 2.05) is 0 Å². The molecule has 0 rings (SSSR count). The molecule has 0 amide bonds. The summed E-state index contributed by atoms with van der Waals surface area (Å²) in [4.78, 5) is 0. The van der Waals surface area contributed by atoms with Crippen LogP contribution >= 0.6 is 0 Å². The molecule has 128 valence electrons. The summed E-state index contributed by atoms with van der Waals surface area (Å²) in [5.41, 5.74) is -0.464. The fourth-order valence-electron chi connectivity index (χ4n) is 2.19. The van der Waals surface area contributed by atoms with Crippen LogP contribution in [-0.4, -0.2) is 41.6 Å². The molecule has 0 N–H and O–H groups in total. The number of hydrogen-bond donors (Lipinski definition) is 0. The third-order valence-corrected chi connectivity index (χ3v) is 4.95. The van der Waals surface area contributed by atoms with Gasteiger partial charge in [-0.15, -0.1) is 0 Å². The third kappa shape index (κ3) is 9.66. The predicted molar refractivity (Wildman–Crippen MR) is 93.9 cm³/mol. The molecule has 0 fully saturated rings. The maximum Gasteiger partial charge on any atom is 0.166 e. The van der Waals surface area contributed by atoms with Gasteiger partial charge in [-0.25, -0.2) is 0 Å². The predicted octanol–water partition coefficient (Wildman–Crippen LogP) is 3.62.